The van der Waals surface area contributed by atoms with Gasteiger partial charge < -0.3 is 10.6 Å². The van der Waals surface area contributed by atoms with Crippen molar-refractivity contribution in [3.63, 3.8) is 0 Å². The lowest BCUT2D eigenvalue weighted by Gasteiger charge is -2.33. The molecule has 1 amide bonds. The molecule has 0 bridgehead atoms. The second kappa shape index (κ2) is 6.43. The molecule has 116 valence electrons. The molecule has 2 rings (SSSR count). The first-order valence-corrected chi connectivity index (χ1v) is 9.41. The lowest BCUT2D eigenvalue weighted by Crippen LogP contribution is -2.49. The lowest BCUT2D eigenvalue weighted by atomic mass is 9.80. The van der Waals surface area contributed by atoms with E-state index >= 15 is 0 Å². The zero-order valence-electron chi connectivity index (χ0n) is 12.4. The number of carbonyl (C=O) groups excluding carboxylic acids is 1. The van der Waals surface area contributed by atoms with Gasteiger partial charge in [0.2, 0.25) is 5.91 Å². The van der Waals surface area contributed by atoms with Gasteiger partial charge in [-0.05, 0) is 31.1 Å². The zero-order valence-corrected chi connectivity index (χ0v) is 13.2. The Bertz CT molecular complexity index is 449. The Morgan fingerprint density at radius 1 is 1.30 bits per heavy atom. The van der Waals surface area contributed by atoms with Crippen LogP contribution >= 0.6 is 0 Å². The fraction of sp³-hybridized carbons (Fsp3) is 0.929. The van der Waals surface area contributed by atoms with E-state index in [4.69, 9.17) is 0 Å². The molecule has 6 heteroatoms. The quantitative estimate of drug-likeness (QED) is 0.805. The highest BCUT2D eigenvalue weighted by atomic mass is 32.2. The van der Waals surface area contributed by atoms with Crippen LogP contribution in [0, 0.1) is 11.8 Å². The summed E-state index contributed by atoms with van der Waals surface area (Å²) in [6.45, 7) is 4.90. The average Bonchev–Trinajstić information content (AvgIpc) is 2.31. The van der Waals surface area contributed by atoms with E-state index in [0.717, 1.165) is 25.2 Å². The summed E-state index contributed by atoms with van der Waals surface area (Å²) in [7, 11) is -2.97. The van der Waals surface area contributed by atoms with Gasteiger partial charge in [0, 0.05) is 25.0 Å². The van der Waals surface area contributed by atoms with E-state index in [1.54, 1.807) is 0 Å². The molecule has 1 saturated heterocycles. The Labute approximate surface area is 121 Å². The number of rotatable bonds is 3. The summed E-state index contributed by atoms with van der Waals surface area (Å²) in [5.41, 5.74) is 0. The minimum absolute atomic E-state index is 0.0222. The molecule has 2 aliphatic rings. The smallest absolute Gasteiger partial charge is 0.221 e. The largest absolute Gasteiger partial charge is 0.353 e. The highest BCUT2D eigenvalue weighted by molar-refractivity contribution is 7.91. The number of hydrogen-bond donors (Lipinski definition) is 2. The third kappa shape index (κ3) is 4.45. The molecule has 4 atom stereocenters. The van der Waals surface area contributed by atoms with Gasteiger partial charge in [-0.25, -0.2) is 8.42 Å². The Morgan fingerprint density at radius 3 is 2.70 bits per heavy atom. The van der Waals surface area contributed by atoms with E-state index in [1.165, 1.54) is 0 Å². The standard InChI is InChI=1S/C14H26N2O3S/c1-10-3-4-13(11(2)7-10)16-14(17)8-12-9-20(18,19)6-5-15-12/h10-13,15H,3-9H2,1-2H3,(H,16,17). The number of amides is 1. The van der Waals surface area contributed by atoms with E-state index in [-0.39, 0.29) is 35.9 Å². The molecule has 5 nitrogen and oxygen atoms in total. The normalized spacial score (nSPS) is 37.3. The van der Waals surface area contributed by atoms with E-state index in [2.05, 4.69) is 24.5 Å². The molecule has 1 saturated carbocycles. The first-order valence-electron chi connectivity index (χ1n) is 7.59. The van der Waals surface area contributed by atoms with Crippen LogP contribution in [-0.2, 0) is 14.6 Å². The van der Waals surface area contributed by atoms with Gasteiger partial charge in [0.05, 0.1) is 11.5 Å². The van der Waals surface area contributed by atoms with Crippen LogP contribution in [0.15, 0.2) is 0 Å². The van der Waals surface area contributed by atoms with Crippen LogP contribution in [0.1, 0.15) is 39.5 Å². The molecule has 2 N–H and O–H groups in total. The molecular weight excluding hydrogens is 276 g/mol. The third-order valence-electron chi connectivity index (χ3n) is 4.51. The first-order chi connectivity index (χ1) is 9.35. The van der Waals surface area contributed by atoms with Gasteiger partial charge in [0.1, 0.15) is 0 Å². The maximum absolute atomic E-state index is 12.1. The zero-order chi connectivity index (χ0) is 14.8. The molecule has 1 aliphatic carbocycles. The highest BCUT2D eigenvalue weighted by Gasteiger charge is 2.29. The maximum atomic E-state index is 12.1. The van der Waals surface area contributed by atoms with Gasteiger partial charge in [-0.1, -0.05) is 13.8 Å². The molecule has 1 aliphatic heterocycles. The van der Waals surface area contributed by atoms with Crippen molar-refractivity contribution in [2.75, 3.05) is 18.1 Å². The van der Waals surface area contributed by atoms with E-state index in [9.17, 15) is 13.2 Å². The average molecular weight is 302 g/mol. The summed E-state index contributed by atoms with van der Waals surface area (Å²) in [5.74, 6) is 1.49. The first kappa shape index (κ1) is 15.8. The van der Waals surface area contributed by atoms with Crippen molar-refractivity contribution < 1.29 is 13.2 Å². The van der Waals surface area contributed by atoms with Crippen molar-refractivity contribution in [1.29, 1.82) is 0 Å². The summed E-state index contributed by atoms with van der Waals surface area (Å²) in [5, 5.41) is 6.21. The molecule has 0 spiro atoms. The van der Waals surface area contributed by atoms with Crippen molar-refractivity contribution in [3.8, 4) is 0 Å². The van der Waals surface area contributed by atoms with Crippen LogP contribution in [-0.4, -0.2) is 44.5 Å². The fourth-order valence-electron chi connectivity index (χ4n) is 3.37. The molecule has 0 radical (unpaired) electrons. The molecule has 20 heavy (non-hydrogen) atoms. The second-order valence-electron chi connectivity index (χ2n) is 6.54. The van der Waals surface area contributed by atoms with Crippen molar-refractivity contribution in [2.45, 2.75) is 51.6 Å². The predicted molar refractivity (Wildman–Crippen MR) is 79.2 cm³/mol. The fourth-order valence-corrected chi connectivity index (χ4v) is 4.81. The highest BCUT2D eigenvalue weighted by Crippen LogP contribution is 2.28. The number of nitrogens with one attached hydrogen (secondary N) is 2. The Kier molecular flexibility index (Phi) is 5.07. The van der Waals surface area contributed by atoms with Crippen LogP contribution in [0.4, 0.5) is 0 Å². The summed E-state index contributed by atoms with van der Waals surface area (Å²) >= 11 is 0. The molecule has 4 unspecified atom stereocenters. The SMILES string of the molecule is CC1CCC(NC(=O)CC2CS(=O)(=O)CCN2)C(C)C1. The summed E-state index contributed by atoms with van der Waals surface area (Å²) < 4.78 is 23.1. The van der Waals surface area contributed by atoms with Crippen molar-refractivity contribution in [1.82, 2.24) is 10.6 Å². The topological polar surface area (TPSA) is 75.3 Å². The Hall–Kier alpha value is -0.620. The minimum Gasteiger partial charge on any atom is -0.353 e. The van der Waals surface area contributed by atoms with Crippen molar-refractivity contribution in [3.05, 3.63) is 0 Å². The van der Waals surface area contributed by atoms with Crippen molar-refractivity contribution in [2.24, 2.45) is 11.8 Å². The summed E-state index contributed by atoms with van der Waals surface area (Å²) in [6, 6.07) is 0.0190. The predicted octanol–water partition coefficient (Wildman–Crippen LogP) is 0.704. The second-order valence-corrected chi connectivity index (χ2v) is 8.77. The Balaban J connectivity index is 1.80. The van der Waals surface area contributed by atoms with E-state index in [1.807, 2.05) is 0 Å². The molecule has 0 aromatic carbocycles. The number of carbonyl (C=O) groups is 1. The van der Waals surface area contributed by atoms with Gasteiger partial charge in [-0.3, -0.25) is 4.79 Å². The van der Waals surface area contributed by atoms with Gasteiger partial charge in [0.15, 0.2) is 9.84 Å². The summed E-state index contributed by atoms with van der Waals surface area (Å²) in [4.78, 5) is 12.1. The molecule has 0 aromatic heterocycles. The molecule has 0 aromatic rings. The van der Waals surface area contributed by atoms with E-state index in [0.29, 0.717) is 12.5 Å². The lowest BCUT2D eigenvalue weighted by molar-refractivity contribution is -0.122. The van der Waals surface area contributed by atoms with Crippen LogP contribution in [0.3, 0.4) is 0 Å². The Morgan fingerprint density at radius 2 is 2.05 bits per heavy atom. The van der Waals surface area contributed by atoms with Gasteiger partial charge in [-0.15, -0.1) is 0 Å². The number of sulfone groups is 1. The van der Waals surface area contributed by atoms with Crippen LogP contribution in [0.25, 0.3) is 0 Å². The monoisotopic (exact) mass is 302 g/mol. The molecule has 1 heterocycles. The molecule has 2 fully saturated rings. The maximum Gasteiger partial charge on any atom is 0.221 e. The van der Waals surface area contributed by atoms with Gasteiger partial charge in [0.25, 0.3) is 0 Å². The minimum atomic E-state index is -2.97. The van der Waals surface area contributed by atoms with Crippen LogP contribution in [0.5, 0.6) is 0 Å². The number of hydrogen-bond acceptors (Lipinski definition) is 4. The van der Waals surface area contributed by atoms with Crippen LogP contribution < -0.4 is 10.6 Å². The third-order valence-corrected chi connectivity index (χ3v) is 6.25. The van der Waals surface area contributed by atoms with Crippen LogP contribution in [0.2, 0.25) is 0 Å². The van der Waals surface area contributed by atoms with E-state index < -0.39 is 9.84 Å². The van der Waals surface area contributed by atoms with Gasteiger partial charge in [-0.2, -0.15) is 0 Å². The summed E-state index contributed by atoms with van der Waals surface area (Å²) in [6.07, 6.45) is 3.61. The molecular formula is C14H26N2O3S. The van der Waals surface area contributed by atoms with Crippen molar-refractivity contribution >= 4 is 15.7 Å². The van der Waals surface area contributed by atoms with Gasteiger partial charge >= 0.3 is 0 Å².